The summed E-state index contributed by atoms with van der Waals surface area (Å²) in [6.45, 7) is 6.81. The molecule has 0 spiro atoms. The molecule has 1 fully saturated rings. The van der Waals surface area contributed by atoms with Crippen LogP contribution in [-0.4, -0.2) is 30.8 Å². The average molecular weight is 235 g/mol. The molecular formula is C13H21N3O. The maximum absolute atomic E-state index is 6.00. The first-order chi connectivity index (χ1) is 8.18. The van der Waals surface area contributed by atoms with Gasteiger partial charge in [0.15, 0.2) is 0 Å². The number of ether oxygens (including phenoxy) is 1. The Morgan fingerprint density at radius 2 is 2.41 bits per heavy atom. The molecule has 0 bridgehead atoms. The maximum atomic E-state index is 6.00. The van der Waals surface area contributed by atoms with Gasteiger partial charge in [0.2, 0.25) is 0 Å². The fraction of sp³-hybridized carbons (Fsp3) is 0.615. The molecule has 2 atom stereocenters. The minimum absolute atomic E-state index is 0.0122. The summed E-state index contributed by atoms with van der Waals surface area (Å²) in [5, 5.41) is 0. The first kappa shape index (κ1) is 12.3. The Balaban J connectivity index is 2.25. The molecule has 0 aliphatic carbocycles. The number of aromatic nitrogens is 1. The molecular weight excluding hydrogens is 214 g/mol. The highest BCUT2D eigenvalue weighted by Gasteiger charge is 2.19. The van der Waals surface area contributed by atoms with Gasteiger partial charge in [-0.2, -0.15) is 0 Å². The van der Waals surface area contributed by atoms with E-state index in [0.717, 1.165) is 37.5 Å². The Hall–Kier alpha value is -1.13. The summed E-state index contributed by atoms with van der Waals surface area (Å²) >= 11 is 0. The number of hydrogen-bond donors (Lipinski definition) is 1. The monoisotopic (exact) mass is 235 g/mol. The molecule has 4 nitrogen and oxygen atoms in total. The molecule has 1 aliphatic rings. The van der Waals surface area contributed by atoms with Crippen molar-refractivity contribution in [3.05, 3.63) is 23.9 Å². The zero-order valence-electron chi connectivity index (χ0n) is 10.6. The first-order valence-electron chi connectivity index (χ1n) is 6.25. The number of hydrogen-bond acceptors (Lipinski definition) is 4. The van der Waals surface area contributed by atoms with Gasteiger partial charge in [0, 0.05) is 37.5 Å². The maximum Gasteiger partial charge on any atom is 0.133 e. The van der Waals surface area contributed by atoms with Crippen LogP contribution >= 0.6 is 0 Å². The molecule has 2 heterocycles. The van der Waals surface area contributed by atoms with Crippen molar-refractivity contribution in [2.75, 3.05) is 24.6 Å². The lowest BCUT2D eigenvalue weighted by Gasteiger charge is -2.26. The van der Waals surface area contributed by atoms with E-state index in [1.807, 2.05) is 19.2 Å². The Bertz CT molecular complexity index is 367. The molecule has 0 radical (unpaired) electrons. The highest BCUT2D eigenvalue weighted by Crippen LogP contribution is 2.23. The van der Waals surface area contributed by atoms with E-state index in [1.165, 1.54) is 0 Å². The number of anilines is 1. The zero-order valence-corrected chi connectivity index (χ0v) is 10.6. The largest absolute Gasteiger partial charge is 0.377 e. The number of nitrogens with zero attached hydrogens (tertiary/aromatic N) is 2. The predicted octanol–water partition coefficient (Wildman–Crippen LogP) is 1.72. The van der Waals surface area contributed by atoms with Crippen molar-refractivity contribution >= 4 is 5.82 Å². The molecule has 1 aromatic rings. The third-order valence-corrected chi connectivity index (χ3v) is 3.06. The first-order valence-corrected chi connectivity index (χ1v) is 6.25. The van der Waals surface area contributed by atoms with Crippen molar-refractivity contribution in [1.29, 1.82) is 0 Å². The number of rotatable bonds is 2. The molecule has 2 N–H and O–H groups in total. The standard InChI is InChI=1S/C13H21N3O/c1-10-9-16(7-4-8-17-10)13-12(11(2)14)5-3-6-15-13/h3,5-6,10-11H,4,7-9,14H2,1-2H3. The summed E-state index contributed by atoms with van der Waals surface area (Å²) in [6, 6.07) is 4.02. The van der Waals surface area contributed by atoms with Crippen molar-refractivity contribution in [2.24, 2.45) is 5.73 Å². The molecule has 17 heavy (non-hydrogen) atoms. The molecule has 2 rings (SSSR count). The van der Waals surface area contributed by atoms with Crippen LogP contribution in [0.25, 0.3) is 0 Å². The molecule has 2 unspecified atom stereocenters. The Labute approximate surface area is 103 Å². The minimum Gasteiger partial charge on any atom is -0.377 e. The van der Waals surface area contributed by atoms with Crippen LogP contribution in [0.4, 0.5) is 5.82 Å². The van der Waals surface area contributed by atoms with Crippen molar-refractivity contribution in [3.8, 4) is 0 Å². The van der Waals surface area contributed by atoms with Crippen LogP contribution in [0.1, 0.15) is 31.9 Å². The van der Waals surface area contributed by atoms with Gasteiger partial charge in [-0.05, 0) is 26.3 Å². The van der Waals surface area contributed by atoms with E-state index < -0.39 is 0 Å². The molecule has 1 aliphatic heterocycles. The van der Waals surface area contributed by atoms with E-state index in [1.54, 1.807) is 0 Å². The van der Waals surface area contributed by atoms with Crippen LogP contribution < -0.4 is 10.6 Å². The normalized spacial score (nSPS) is 23.2. The zero-order chi connectivity index (χ0) is 12.3. The molecule has 94 valence electrons. The van der Waals surface area contributed by atoms with Crippen molar-refractivity contribution in [3.63, 3.8) is 0 Å². The minimum atomic E-state index is 0.0122. The highest BCUT2D eigenvalue weighted by molar-refractivity contribution is 5.48. The van der Waals surface area contributed by atoms with Gasteiger partial charge in [-0.15, -0.1) is 0 Å². The summed E-state index contributed by atoms with van der Waals surface area (Å²) in [5.74, 6) is 1.01. The quantitative estimate of drug-likeness (QED) is 0.848. The molecule has 0 amide bonds. The predicted molar refractivity (Wildman–Crippen MR) is 69.1 cm³/mol. The van der Waals surface area contributed by atoms with Gasteiger partial charge in [-0.25, -0.2) is 4.98 Å². The smallest absolute Gasteiger partial charge is 0.133 e. The van der Waals surface area contributed by atoms with Gasteiger partial charge < -0.3 is 15.4 Å². The molecule has 4 heteroatoms. The van der Waals surface area contributed by atoms with Crippen molar-refractivity contribution < 1.29 is 4.74 Å². The van der Waals surface area contributed by atoms with Gasteiger partial charge >= 0.3 is 0 Å². The fourth-order valence-corrected chi connectivity index (χ4v) is 2.22. The number of nitrogens with two attached hydrogens (primary N) is 1. The van der Waals surface area contributed by atoms with E-state index in [2.05, 4.69) is 22.9 Å². The summed E-state index contributed by atoms with van der Waals surface area (Å²) in [6.07, 6.45) is 3.12. The van der Waals surface area contributed by atoms with Gasteiger partial charge in [0.1, 0.15) is 5.82 Å². The van der Waals surface area contributed by atoms with Gasteiger partial charge in [0.05, 0.1) is 6.10 Å². The molecule has 0 aromatic carbocycles. The summed E-state index contributed by atoms with van der Waals surface area (Å²) < 4.78 is 5.65. The third-order valence-electron chi connectivity index (χ3n) is 3.06. The Morgan fingerprint density at radius 3 is 3.18 bits per heavy atom. The van der Waals surface area contributed by atoms with Crippen LogP contribution in [0, 0.1) is 0 Å². The fourth-order valence-electron chi connectivity index (χ4n) is 2.22. The van der Waals surface area contributed by atoms with E-state index >= 15 is 0 Å². The second-order valence-electron chi connectivity index (χ2n) is 4.69. The summed E-state index contributed by atoms with van der Waals surface area (Å²) in [5.41, 5.74) is 7.11. The Kier molecular flexibility index (Phi) is 3.97. The van der Waals surface area contributed by atoms with Gasteiger partial charge in [-0.3, -0.25) is 0 Å². The Morgan fingerprint density at radius 1 is 1.59 bits per heavy atom. The lowest BCUT2D eigenvalue weighted by molar-refractivity contribution is 0.0820. The van der Waals surface area contributed by atoms with Gasteiger partial charge in [-0.1, -0.05) is 6.07 Å². The highest BCUT2D eigenvalue weighted by atomic mass is 16.5. The second kappa shape index (κ2) is 5.47. The third kappa shape index (κ3) is 2.96. The average Bonchev–Trinajstić information content (AvgIpc) is 2.54. The van der Waals surface area contributed by atoms with Crippen LogP contribution in [0.5, 0.6) is 0 Å². The van der Waals surface area contributed by atoms with Crippen molar-refractivity contribution in [2.45, 2.75) is 32.4 Å². The van der Waals surface area contributed by atoms with Crippen LogP contribution in [0.2, 0.25) is 0 Å². The van der Waals surface area contributed by atoms with Crippen molar-refractivity contribution in [1.82, 2.24) is 4.98 Å². The van der Waals surface area contributed by atoms with E-state index in [4.69, 9.17) is 10.5 Å². The molecule has 0 saturated carbocycles. The lowest BCUT2D eigenvalue weighted by atomic mass is 10.1. The van der Waals surface area contributed by atoms with E-state index in [-0.39, 0.29) is 12.1 Å². The lowest BCUT2D eigenvalue weighted by Crippen LogP contribution is -2.32. The molecule has 1 aromatic heterocycles. The SMILES string of the molecule is CC1CN(c2ncccc2C(C)N)CCCO1. The van der Waals surface area contributed by atoms with Gasteiger partial charge in [0.25, 0.3) is 0 Å². The topological polar surface area (TPSA) is 51.4 Å². The molecule has 1 saturated heterocycles. The van der Waals surface area contributed by atoms with Crippen LogP contribution in [-0.2, 0) is 4.74 Å². The second-order valence-corrected chi connectivity index (χ2v) is 4.69. The van der Waals surface area contributed by atoms with E-state index in [9.17, 15) is 0 Å². The summed E-state index contributed by atoms with van der Waals surface area (Å²) in [7, 11) is 0. The van der Waals surface area contributed by atoms with Crippen LogP contribution in [0.15, 0.2) is 18.3 Å². The summed E-state index contributed by atoms with van der Waals surface area (Å²) in [4.78, 5) is 6.78. The van der Waals surface area contributed by atoms with E-state index in [0.29, 0.717) is 0 Å². The van der Waals surface area contributed by atoms with Crippen LogP contribution in [0.3, 0.4) is 0 Å². The number of pyridine rings is 1.